The van der Waals surface area contributed by atoms with Crippen molar-refractivity contribution in [1.82, 2.24) is 15.5 Å². The first-order valence-corrected chi connectivity index (χ1v) is 10.0. The van der Waals surface area contributed by atoms with Gasteiger partial charge in [0.05, 0.1) is 37.9 Å². The maximum atomic E-state index is 13.2. The van der Waals surface area contributed by atoms with Crippen LogP contribution in [0.4, 0.5) is 4.79 Å². The number of nitrogens with one attached hydrogen (secondary N) is 2. The summed E-state index contributed by atoms with van der Waals surface area (Å²) < 4.78 is 11.1. The molecule has 1 aromatic carbocycles. The van der Waals surface area contributed by atoms with Crippen molar-refractivity contribution < 1.29 is 19.1 Å². The number of para-hydroxylation sites is 1. The molecule has 1 aromatic rings. The van der Waals surface area contributed by atoms with Crippen LogP contribution in [-0.2, 0) is 9.53 Å². The first kappa shape index (κ1) is 18.7. The standard InChI is InChI=1S/C21H27N3O4/c1-3-28-21(26)24-16-10-6-5-9-14(16)23-15-12-22-20(25)18(15)19(24)13-8-4-7-11-17(13)27-2/h4,7-8,11,14,16,19,23H,3,5-6,9-10,12H2,1-2H3,(H,22,25)/t14-,16-,19-/m1/s1. The Morgan fingerprint density at radius 1 is 1.25 bits per heavy atom. The molecule has 3 aliphatic rings. The number of nitrogens with zero attached hydrogens (tertiary/aromatic N) is 1. The summed E-state index contributed by atoms with van der Waals surface area (Å²) in [7, 11) is 1.61. The lowest BCUT2D eigenvalue weighted by atomic mass is 9.87. The summed E-state index contributed by atoms with van der Waals surface area (Å²) in [6.45, 7) is 2.55. The van der Waals surface area contributed by atoms with Crippen LogP contribution < -0.4 is 15.4 Å². The van der Waals surface area contributed by atoms with Gasteiger partial charge in [-0.15, -0.1) is 0 Å². The maximum absolute atomic E-state index is 13.2. The van der Waals surface area contributed by atoms with E-state index in [1.165, 1.54) is 0 Å². The van der Waals surface area contributed by atoms with Crippen LogP contribution in [-0.4, -0.2) is 49.2 Å². The van der Waals surface area contributed by atoms with E-state index >= 15 is 0 Å². The van der Waals surface area contributed by atoms with E-state index in [0.29, 0.717) is 17.9 Å². The average molecular weight is 385 g/mol. The molecule has 28 heavy (non-hydrogen) atoms. The quantitative estimate of drug-likeness (QED) is 0.836. The smallest absolute Gasteiger partial charge is 0.410 e. The summed E-state index contributed by atoms with van der Waals surface area (Å²) in [6.07, 6.45) is 3.61. The number of carbonyl (C=O) groups excluding carboxylic acids is 2. The molecule has 0 unspecified atom stereocenters. The molecule has 2 N–H and O–H groups in total. The Hall–Kier alpha value is -2.70. The van der Waals surface area contributed by atoms with Gasteiger partial charge in [0.2, 0.25) is 0 Å². The number of benzene rings is 1. The van der Waals surface area contributed by atoms with Crippen molar-refractivity contribution in [3.8, 4) is 5.75 Å². The normalized spacial score (nSPS) is 26.6. The van der Waals surface area contributed by atoms with Crippen LogP contribution in [0.25, 0.3) is 0 Å². The van der Waals surface area contributed by atoms with Crippen molar-refractivity contribution in [3.63, 3.8) is 0 Å². The molecule has 1 saturated carbocycles. The van der Waals surface area contributed by atoms with E-state index < -0.39 is 6.04 Å². The zero-order valence-electron chi connectivity index (χ0n) is 16.4. The van der Waals surface area contributed by atoms with Crippen molar-refractivity contribution in [2.45, 2.75) is 50.7 Å². The Bertz CT molecular complexity index is 807. The fraction of sp³-hybridized carbons (Fsp3) is 0.524. The van der Waals surface area contributed by atoms with Gasteiger partial charge in [-0.1, -0.05) is 31.0 Å². The lowest BCUT2D eigenvalue weighted by Crippen LogP contribution is -2.53. The van der Waals surface area contributed by atoms with Gasteiger partial charge in [-0.25, -0.2) is 4.79 Å². The SMILES string of the molecule is CCOC(=O)N1[C@@H]2CCCC[C@H]2NC2=C(C(=O)NC2)[C@H]1c1ccccc1OC. The topological polar surface area (TPSA) is 79.9 Å². The monoisotopic (exact) mass is 385 g/mol. The Labute approximate surface area is 165 Å². The van der Waals surface area contributed by atoms with E-state index in [2.05, 4.69) is 10.6 Å². The average Bonchev–Trinajstić information content (AvgIpc) is 2.99. The van der Waals surface area contributed by atoms with Gasteiger partial charge in [0.25, 0.3) is 5.91 Å². The molecule has 2 heterocycles. The van der Waals surface area contributed by atoms with Crippen molar-refractivity contribution in [2.75, 3.05) is 20.3 Å². The first-order chi connectivity index (χ1) is 13.7. The van der Waals surface area contributed by atoms with Gasteiger partial charge in [0, 0.05) is 17.3 Å². The van der Waals surface area contributed by atoms with E-state index in [-0.39, 0.29) is 30.7 Å². The first-order valence-electron chi connectivity index (χ1n) is 10.0. The Kier molecular flexibility index (Phi) is 5.15. The molecule has 1 aliphatic carbocycles. The van der Waals surface area contributed by atoms with E-state index in [1.807, 2.05) is 24.3 Å². The predicted molar refractivity (Wildman–Crippen MR) is 104 cm³/mol. The molecule has 0 radical (unpaired) electrons. The van der Waals surface area contributed by atoms with Crippen LogP contribution in [0.5, 0.6) is 5.75 Å². The number of methoxy groups -OCH3 is 1. The maximum Gasteiger partial charge on any atom is 0.410 e. The molecule has 0 saturated heterocycles. The molecule has 2 amide bonds. The number of carbonyl (C=O) groups is 2. The lowest BCUT2D eigenvalue weighted by molar-refractivity contribution is -0.117. The zero-order chi connectivity index (χ0) is 19.7. The largest absolute Gasteiger partial charge is 0.496 e. The number of hydrogen-bond acceptors (Lipinski definition) is 5. The molecule has 7 heteroatoms. The molecule has 3 atom stereocenters. The highest BCUT2D eigenvalue weighted by atomic mass is 16.6. The molecule has 0 spiro atoms. The highest BCUT2D eigenvalue weighted by Crippen LogP contribution is 2.43. The molecule has 4 rings (SSSR count). The molecule has 150 valence electrons. The summed E-state index contributed by atoms with van der Waals surface area (Å²) in [4.78, 5) is 27.8. The molecular formula is C21H27N3O4. The summed E-state index contributed by atoms with van der Waals surface area (Å²) in [5, 5.41) is 6.50. The Balaban J connectivity index is 1.90. The second-order valence-corrected chi connectivity index (χ2v) is 7.43. The third-order valence-electron chi connectivity index (χ3n) is 5.91. The van der Waals surface area contributed by atoms with Gasteiger partial charge in [-0.2, -0.15) is 0 Å². The van der Waals surface area contributed by atoms with Gasteiger partial charge < -0.3 is 20.1 Å². The van der Waals surface area contributed by atoms with Crippen molar-refractivity contribution >= 4 is 12.0 Å². The predicted octanol–water partition coefficient (Wildman–Crippen LogP) is 2.49. The van der Waals surface area contributed by atoms with Crippen molar-refractivity contribution in [3.05, 3.63) is 41.1 Å². The van der Waals surface area contributed by atoms with E-state index in [4.69, 9.17) is 9.47 Å². The minimum absolute atomic E-state index is 0.0406. The molecular weight excluding hydrogens is 358 g/mol. The van der Waals surface area contributed by atoms with Gasteiger partial charge in [0.15, 0.2) is 0 Å². The van der Waals surface area contributed by atoms with Crippen LogP contribution in [0.1, 0.15) is 44.2 Å². The van der Waals surface area contributed by atoms with Crippen LogP contribution in [0.3, 0.4) is 0 Å². The fourth-order valence-corrected chi connectivity index (χ4v) is 4.72. The summed E-state index contributed by atoms with van der Waals surface area (Å²) in [5.74, 6) is 0.508. The van der Waals surface area contributed by atoms with Crippen LogP contribution in [0.15, 0.2) is 35.5 Å². The minimum atomic E-state index is -0.548. The Morgan fingerprint density at radius 2 is 2.04 bits per heavy atom. The number of hydrogen-bond donors (Lipinski definition) is 2. The van der Waals surface area contributed by atoms with Crippen LogP contribution in [0.2, 0.25) is 0 Å². The number of fused-ring (bicyclic) bond motifs is 1. The third-order valence-corrected chi connectivity index (χ3v) is 5.91. The Morgan fingerprint density at radius 3 is 2.82 bits per heavy atom. The minimum Gasteiger partial charge on any atom is -0.496 e. The van der Waals surface area contributed by atoms with Crippen molar-refractivity contribution in [1.29, 1.82) is 0 Å². The van der Waals surface area contributed by atoms with Crippen LogP contribution in [0, 0.1) is 0 Å². The van der Waals surface area contributed by atoms with Crippen molar-refractivity contribution in [2.24, 2.45) is 0 Å². The molecule has 2 aliphatic heterocycles. The molecule has 1 fully saturated rings. The van der Waals surface area contributed by atoms with E-state index in [1.54, 1.807) is 18.9 Å². The number of rotatable bonds is 3. The summed E-state index contributed by atoms with van der Waals surface area (Å²) >= 11 is 0. The van der Waals surface area contributed by atoms with Gasteiger partial charge in [-0.3, -0.25) is 9.69 Å². The highest BCUT2D eigenvalue weighted by Gasteiger charge is 2.47. The van der Waals surface area contributed by atoms with E-state index in [9.17, 15) is 9.59 Å². The third kappa shape index (κ3) is 3.08. The van der Waals surface area contributed by atoms with E-state index in [0.717, 1.165) is 36.9 Å². The second kappa shape index (κ2) is 7.73. The van der Waals surface area contributed by atoms with Crippen LogP contribution >= 0.6 is 0 Å². The zero-order valence-corrected chi connectivity index (χ0v) is 16.4. The van der Waals surface area contributed by atoms with Gasteiger partial charge in [-0.05, 0) is 25.8 Å². The fourth-order valence-electron chi connectivity index (χ4n) is 4.72. The van der Waals surface area contributed by atoms with Gasteiger partial charge in [0.1, 0.15) is 5.75 Å². The summed E-state index contributed by atoms with van der Waals surface area (Å²) in [6, 6.07) is 7.10. The van der Waals surface area contributed by atoms with Gasteiger partial charge >= 0.3 is 6.09 Å². The second-order valence-electron chi connectivity index (χ2n) is 7.43. The molecule has 0 bridgehead atoms. The molecule has 0 aromatic heterocycles. The number of amides is 2. The summed E-state index contributed by atoms with van der Waals surface area (Å²) in [5.41, 5.74) is 2.27. The highest BCUT2D eigenvalue weighted by molar-refractivity contribution is 5.99. The molecule has 7 nitrogen and oxygen atoms in total. The number of ether oxygens (including phenoxy) is 2. The lowest BCUT2D eigenvalue weighted by Gasteiger charge is -2.42.